The zero-order chi connectivity index (χ0) is 15.6. The van der Waals surface area contributed by atoms with E-state index in [1.807, 2.05) is 6.92 Å². The first-order chi connectivity index (χ1) is 9.14. The lowest BCUT2D eigenvalue weighted by Crippen LogP contribution is -2.50. The summed E-state index contributed by atoms with van der Waals surface area (Å²) in [6.45, 7) is 3.94. The fraction of sp³-hybridized carbons (Fsp3) is 0.846. The molecule has 1 N–H and O–H groups in total. The maximum atomic E-state index is 12.1. The fourth-order valence-electron chi connectivity index (χ4n) is 2.64. The summed E-state index contributed by atoms with van der Waals surface area (Å²) in [5.41, 5.74) is -0.764. The zero-order valence-corrected chi connectivity index (χ0v) is 13.1. The molecular weight excluding hydrogens is 282 g/mol. The average Bonchev–Trinajstić information content (AvgIpc) is 2.37. The molecule has 0 radical (unpaired) electrons. The number of likely N-dealkylation sites (tertiary alicyclic amines) is 1. The molecule has 1 amide bonds. The summed E-state index contributed by atoms with van der Waals surface area (Å²) in [6, 6.07) is 0. The Hall–Kier alpha value is -1.11. The van der Waals surface area contributed by atoms with Crippen molar-refractivity contribution in [2.45, 2.75) is 44.8 Å². The number of carbonyl (C=O) groups excluding carboxylic acids is 1. The highest BCUT2D eigenvalue weighted by molar-refractivity contribution is 7.92. The predicted octanol–water partition coefficient (Wildman–Crippen LogP) is 0.913. The van der Waals surface area contributed by atoms with E-state index in [2.05, 4.69) is 0 Å². The van der Waals surface area contributed by atoms with E-state index in [-0.39, 0.29) is 0 Å². The van der Waals surface area contributed by atoms with Gasteiger partial charge in [-0.15, -0.1) is 0 Å². The van der Waals surface area contributed by atoms with Crippen LogP contribution < -0.4 is 0 Å². The molecule has 6 nitrogen and oxygen atoms in total. The molecule has 1 unspecified atom stereocenters. The lowest BCUT2D eigenvalue weighted by molar-refractivity contribution is -0.154. The molecule has 7 heteroatoms. The molecule has 1 atom stereocenters. The van der Waals surface area contributed by atoms with Gasteiger partial charge < -0.3 is 10.0 Å². The number of sulfone groups is 1. The number of carbonyl (C=O) groups is 2. The second kappa shape index (κ2) is 6.11. The second-order valence-electron chi connectivity index (χ2n) is 5.63. The molecule has 0 bridgehead atoms. The van der Waals surface area contributed by atoms with Gasteiger partial charge in [0.2, 0.25) is 5.91 Å². The number of carboxylic acids is 1. The molecule has 1 fully saturated rings. The molecule has 1 aliphatic heterocycles. The van der Waals surface area contributed by atoms with Gasteiger partial charge in [0, 0.05) is 19.3 Å². The highest BCUT2D eigenvalue weighted by Gasteiger charge is 2.42. The van der Waals surface area contributed by atoms with Crippen LogP contribution in [0, 0.1) is 5.41 Å². The first-order valence-corrected chi connectivity index (χ1v) is 8.80. The van der Waals surface area contributed by atoms with Gasteiger partial charge in [-0.2, -0.15) is 0 Å². The summed E-state index contributed by atoms with van der Waals surface area (Å²) in [7, 11) is -3.41. The normalized spacial score (nSPS) is 20.4. The van der Waals surface area contributed by atoms with Crippen LogP contribution >= 0.6 is 0 Å². The van der Waals surface area contributed by atoms with E-state index >= 15 is 0 Å². The minimum absolute atomic E-state index is 0.311. The predicted molar refractivity (Wildman–Crippen MR) is 75.1 cm³/mol. The fourth-order valence-corrected chi connectivity index (χ4v) is 3.16. The molecule has 20 heavy (non-hydrogen) atoms. The van der Waals surface area contributed by atoms with E-state index < -0.39 is 32.4 Å². The van der Waals surface area contributed by atoms with Crippen LogP contribution in [0.4, 0.5) is 0 Å². The van der Waals surface area contributed by atoms with Crippen LogP contribution in [0.1, 0.15) is 39.5 Å². The zero-order valence-electron chi connectivity index (χ0n) is 12.3. The summed E-state index contributed by atoms with van der Waals surface area (Å²) in [5.74, 6) is -1.24. The molecule has 116 valence electrons. The number of aliphatic carboxylic acids is 1. The maximum absolute atomic E-state index is 12.1. The lowest BCUT2D eigenvalue weighted by atomic mass is 9.75. The molecule has 0 aromatic carbocycles. The molecular formula is C13H23NO5S. The Balaban J connectivity index is 2.75. The molecule has 1 heterocycles. The molecule has 0 spiro atoms. The molecule has 1 rings (SSSR count). The number of amides is 1. The van der Waals surface area contributed by atoms with Crippen molar-refractivity contribution in [3.8, 4) is 0 Å². The van der Waals surface area contributed by atoms with Crippen LogP contribution in [0.15, 0.2) is 0 Å². The number of rotatable bonds is 5. The quantitative estimate of drug-likeness (QED) is 0.815. The first-order valence-electron chi connectivity index (χ1n) is 6.85. The van der Waals surface area contributed by atoms with Crippen LogP contribution in [-0.4, -0.2) is 54.9 Å². The van der Waals surface area contributed by atoms with Crippen molar-refractivity contribution >= 4 is 21.7 Å². The Morgan fingerprint density at radius 3 is 2.15 bits per heavy atom. The number of nitrogens with zero attached hydrogens (tertiary/aromatic N) is 1. The first kappa shape index (κ1) is 16.9. The third kappa shape index (κ3) is 3.50. The van der Waals surface area contributed by atoms with Gasteiger partial charge in [-0.3, -0.25) is 9.59 Å². The van der Waals surface area contributed by atoms with Crippen molar-refractivity contribution in [1.82, 2.24) is 4.90 Å². The van der Waals surface area contributed by atoms with E-state index in [0.717, 1.165) is 12.7 Å². The standard InChI is InChI=1S/C13H23NO5S/c1-4-5-13(12(16)17)6-8-14(9-7-13)11(15)10(2)20(3,18)19/h10H,4-9H2,1-3H3,(H,16,17). The maximum Gasteiger partial charge on any atom is 0.309 e. The minimum atomic E-state index is -3.41. The van der Waals surface area contributed by atoms with Crippen molar-refractivity contribution in [2.24, 2.45) is 5.41 Å². The minimum Gasteiger partial charge on any atom is -0.481 e. The third-order valence-electron chi connectivity index (χ3n) is 4.20. The van der Waals surface area contributed by atoms with Gasteiger partial charge in [0.1, 0.15) is 5.25 Å². The second-order valence-corrected chi connectivity index (χ2v) is 8.00. The number of piperidine rings is 1. The largest absolute Gasteiger partial charge is 0.481 e. The lowest BCUT2D eigenvalue weighted by Gasteiger charge is -2.39. The summed E-state index contributed by atoms with van der Waals surface area (Å²) in [6.07, 6.45) is 3.18. The van der Waals surface area contributed by atoms with E-state index in [1.165, 1.54) is 11.8 Å². The van der Waals surface area contributed by atoms with Gasteiger partial charge in [0.15, 0.2) is 9.84 Å². The average molecular weight is 305 g/mol. The van der Waals surface area contributed by atoms with Gasteiger partial charge in [-0.1, -0.05) is 13.3 Å². The van der Waals surface area contributed by atoms with Crippen molar-refractivity contribution in [3.63, 3.8) is 0 Å². The van der Waals surface area contributed by atoms with Gasteiger partial charge >= 0.3 is 5.97 Å². The summed E-state index contributed by atoms with van der Waals surface area (Å²) in [5, 5.41) is 8.32. The molecule has 0 aromatic rings. The van der Waals surface area contributed by atoms with Crippen molar-refractivity contribution in [2.75, 3.05) is 19.3 Å². The van der Waals surface area contributed by atoms with Crippen molar-refractivity contribution < 1.29 is 23.1 Å². The Morgan fingerprint density at radius 1 is 1.30 bits per heavy atom. The van der Waals surface area contributed by atoms with Crippen molar-refractivity contribution in [1.29, 1.82) is 0 Å². The van der Waals surface area contributed by atoms with Crippen molar-refractivity contribution in [3.05, 3.63) is 0 Å². The number of hydrogen-bond acceptors (Lipinski definition) is 4. The Kier molecular flexibility index (Phi) is 5.18. The van der Waals surface area contributed by atoms with Crippen LogP contribution in [0.5, 0.6) is 0 Å². The van der Waals surface area contributed by atoms with Crippen LogP contribution in [0.3, 0.4) is 0 Å². The van der Waals surface area contributed by atoms with E-state index in [9.17, 15) is 23.1 Å². The van der Waals surface area contributed by atoms with Gasteiger partial charge in [-0.25, -0.2) is 8.42 Å². The molecule has 1 saturated heterocycles. The summed E-state index contributed by atoms with van der Waals surface area (Å²) >= 11 is 0. The van der Waals surface area contributed by atoms with Crippen LogP contribution in [0.25, 0.3) is 0 Å². The third-order valence-corrected chi connectivity index (χ3v) is 5.69. The summed E-state index contributed by atoms with van der Waals surface area (Å²) in [4.78, 5) is 25.0. The van der Waals surface area contributed by atoms with Gasteiger partial charge in [-0.05, 0) is 26.2 Å². The SMILES string of the molecule is CCCC1(C(=O)O)CCN(C(=O)C(C)S(C)(=O)=O)CC1. The van der Waals surface area contributed by atoms with Crippen LogP contribution in [0.2, 0.25) is 0 Å². The van der Waals surface area contributed by atoms with Crippen LogP contribution in [-0.2, 0) is 19.4 Å². The molecule has 0 saturated carbocycles. The monoisotopic (exact) mass is 305 g/mol. The smallest absolute Gasteiger partial charge is 0.309 e. The Morgan fingerprint density at radius 2 is 1.80 bits per heavy atom. The molecule has 0 aromatic heterocycles. The highest BCUT2D eigenvalue weighted by Crippen LogP contribution is 2.36. The summed E-state index contributed by atoms with van der Waals surface area (Å²) < 4.78 is 22.8. The Bertz CT molecular complexity index is 477. The number of hydrogen-bond donors (Lipinski definition) is 1. The van der Waals surface area contributed by atoms with Gasteiger partial charge in [0.05, 0.1) is 5.41 Å². The molecule has 0 aliphatic carbocycles. The molecule has 1 aliphatic rings. The number of carboxylic acid groups (broad SMARTS) is 1. The van der Waals surface area contributed by atoms with E-state index in [1.54, 1.807) is 0 Å². The van der Waals surface area contributed by atoms with E-state index in [4.69, 9.17) is 0 Å². The van der Waals surface area contributed by atoms with E-state index in [0.29, 0.717) is 32.4 Å². The topological polar surface area (TPSA) is 91.8 Å². The highest BCUT2D eigenvalue weighted by atomic mass is 32.2. The van der Waals surface area contributed by atoms with Gasteiger partial charge in [0.25, 0.3) is 0 Å². The Labute approximate surface area is 120 Å².